The molecule has 0 amide bonds. The Morgan fingerprint density at radius 1 is 1.12 bits per heavy atom. The lowest BCUT2D eigenvalue weighted by Crippen LogP contribution is -2.30. The van der Waals surface area contributed by atoms with Crippen LogP contribution in [0.25, 0.3) is 0 Å². The third-order valence-electron chi connectivity index (χ3n) is 3.52. The van der Waals surface area contributed by atoms with Crippen LogP contribution in [0.3, 0.4) is 0 Å². The highest BCUT2D eigenvalue weighted by Gasteiger charge is 2.17. The molecule has 25 heavy (non-hydrogen) atoms. The Morgan fingerprint density at radius 3 is 2.44 bits per heavy atom. The van der Waals surface area contributed by atoms with E-state index in [1.807, 2.05) is 6.07 Å². The van der Waals surface area contributed by atoms with Crippen molar-refractivity contribution >= 4 is 33.0 Å². The van der Waals surface area contributed by atoms with Gasteiger partial charge in [0.1, 0.15) is 5.82 Å². The van der Waals surface area contributed by atoms with E-state index in [4.69, 9.17) is 12.2 Å². The SMILES string of the molecule is CN(Cc1cccc(F)c1)C(=S)Nc1cccc(S(=O)(=O)N(C)C)c1. The van der Waals surface area contributed by atoms with Gasteiger partial charge >= 0.3 is 0 Å². The Balaban J connectivity index is 2.10. The molecule has 0 saturated heterocycles. The number of nitrogens with one attached hydrogen (secondary N) is 1. The fourth-order valence-electron chi connectivity index (χ4n) is 2.15. The van der Waals surface area contributed by atoms with Crippen molar-refractivity contribution in [3.8, 4) is 0 Å². The highest BCUT2D eigenvalue weighted by atomic mass is 32.2. The van der Waals surface area contributed by atoms with Crippen LogP contribution in [0.15, 0.2) is 53.4 Å². The topological polar surface area (TPSA) is 52.7 Å². The van der Waals surface area contributed by atoms with Gasteiger partial charge in [-0.1, -0.05) is 18.2 Å². The predicted molar refractivity (Wildman–Crippen MR) is 101 cm³/mol. The molecule has 0 aromatic heterocycles. The summed E-state index contributed by atoms with van der Waals surface area (Å²) >= 11 is 5.34. The van der Waals surface area contributed by atoms with E-state index in [-0.39, 0.29) is 10.7 Å². The van der Waals surface area contributed by atoms with E-state index < -0.39 is 10.0 Å². The van der Waals surface area contributed by atoms with E-state index in [9.17, 15) is 12.8 Å². The van der Waals surface area contributed by atoms with Gasteiger partial charge in [-0.05, 0) is 48.1 Å². The number of halogens is 1. The summed E-state index contributed by atoms with van der Waals surface area (Å²) in [7, 11) is 1.22. The Labute approximate surface area is 153 Å². The van der Waals surface area contributed by atoms with Crippen LogP contribution >= 0.6 is 12.2 Å². The van der Waals surface area contributed by atoms with E-state index in [0.717, 1.165) is 9.87 Å². The van der Waals surface area contributed by atoms with E-state index in [1.54, 1.807) is 30.1 Å². The molecule has 0 aliphatic rings. The molecule has 2 rings (SSSR count). The van der Waals surface area contributed by atoms with Crippen molar-refractivity contribution in [2.24, 2.45) is 0 Å². The molecule has 0 aliphatic heterocycles. The van der Waals surface area contributed by atoms with Crippen molar-refractivity contribution < 1.29 is 12.8 Å². The number of sulfonamides is 1. The molecule has 134 valence electrons. The van der Waals surface area contributed by atoms with Crippen molar-refractivity contribution in [2.45, 2.75) is 11.4 Å². The molecule has 5 nitrogen and oxygen atoms in total. The van der Waals surface area contributed by atoms with Gasteiger partial charge in [-0.15, -0.1) is 0 Å². The van der Waals surface area contributed by atoms with Crippen molar-refractivity contribution in [3.63, 3.8) is 0 Å². The average Bonchev–Trinajstić information content (AvgIpc) is 2.54. The summed E-state index contributed by atoms with van der Waals surface area (Å²) in [5, 5.41) is 3.41. The van der Waals surface area contributed by atoms with Crippen molar-refractivity contribution in [1.82, 2.24) is 9.21 Å². The van der Waals surface area contributed by atoms with Crippen molar-refractivity contribution in [3.05, 3.63) is 59.9 Å². The Morgan fingerprint density at radius 2 is 1.80 bits per heavy atom. The maximum atomic E-state index is 13.3. The molecular weight excluding hydrogens is 361 g/mol. The molecule has 0 spiro atoms. The number of nitrogens with zero attached hydrogens (tertiary/aromatic N) is 2. The van der Waals surface area contributed by atoms with E-state index in [0.29, 0.717) is 17.3 Å². The molecule has 8 heteroatoms. The molecule has 0 bridgehead atoms. The largest absolute Gasteiger partial charge is 0.348 e. The van der Waals surface area contributed by atoms with Gasteiger partial charge in [0, 0.05) is 33.4 Å². The number of hydrogen-bond donors (Lipinski definition) is 1. The average molecular weight is 381 g/mol. The fraction of sp³-hybridized carbons (Fsp3) is 0.235. The van der Waals surface area contributed by atoms with Gasteiger partial charge in [-0.2, -0.15) is 0 Å². The molecule has 0 heterocycles. The molecule has 0 radical (unpaired) electrons. The minimum Gasteiger partial charge on any atom is -0.348 e. The van der Waals surface area contributed by atoms with Crippen LogP contribution in [0.1, 0.15) is 5.56 Å². The van der Waals surface area contributed by atoms with E-state index >= 15 is 0 Å². The second-order valence-electron chi connectivity index (χ2n) is 5.73. The first-order chi connectivity index (χ1) is 11.7. The van der Waals surface area contributed by atoms with Crippen LogP contribution in [0.2, 0.25) is 0 Å². The zero-order valence-corrected chi connectivity index (χ0v) is 15.9. The number of hydrogen-bond acceptors (Lipinski definition) is 3. The number of anilines is 1. The van der Waals surface area contributed by atoms with Gasteiger partial charge in [0.2, 0.25) is 10.0 Å². The van der Waals surface area contributed by atoms with Gasteiger partial charge in [0.15, 0.2) is 5.11 Å². The standard InChI is InChI=1S/C17H20FN3O2S2/c1-20(2)25(22,23)16-9-5-8-15(11-16)19-17(24)21(3)12-13-6-4-7-14(18)10-13/h4-11H,12H2,1-3H3,(H,19,24). The second kappa shape index (κ2) is 7.90. The molecule has 2 aromatic rings. The van der Waals surface area contributed by atoms with Crippen molar-refractivity contribution in [1.29, 1.82) is 0 Å². The third-order valence-corrected chi connectivity index (χ3v) is 5.74. The van der Waals surface area contributed by atoms with Crippen molar-refractivity contribution in [2.75, 3.05) is 26.5 Å². The van der Waals surface area contributed by atoms with Gasteiger partial charge in [0.05, 0.1) is 4.90 Å². The minimum absolute atomic E-state index is 0.179. The Kier molecular flexibility index (Phi) is 6.10. The number of benzene rings is 2. The summed E-state index contributed by atoms with van der Waals surface area (Å²) in [6, 6.07) is 12.7. The molecule has 1 N–H and O–H groups in total. The zero-order valence-electron chi connectivity index (χ0n) is 14.2. The molecule has 0 fully saturated rings. The van der Waals surface area contributed by atoms with Gasteiger partial charge in [-0.25, -0.2) is 17.1 Å². The van der Waals surface area contributed by atoms with Crippen LogP contribution in [-0.4, -0.2) is 43.9 Å². The fourth-order valence-corrected chi connectivity index (χ4v) is 3.28. The summed E-state index contributed by atoms with van der Waals surface area (Å²) in [6.45, 7) is 0.430. The van der Waals surface area contributed by atoms with Crippen LogP contribution < -0.4 is 5.32 Å². The first-order valence-electron chi connectivity index (χ1n) is 7.49. The first kappa shape index (κ1) is 19.3. The normalized spacial score (nSPS) is 11.4. The third kappa shape index (κ3) is 4.97. The summed E-state index contributed by atoms with van der Waals surface area (Å²) in [4.78, 5) is 1.93. The maximum absolute atomic E-state index is 13.3. The van der Waals surface area contributed by atoms with Crippen LogP contribution in [-0.2, 0) is 16.6 Å². The monoisotopic (exact) mass is 381 g/mol. The lowest BCUT2D eigenvalue weighted by molar-refractivity contribution is 0.505. The summed E-state index contributed by atoms with van der Waals surface area (Å²) in [6.07, 6.45) is 0. The minimum atomic E-state index is -3.51. The summed E-state index contributed by atoms with van der Waals surface area (Å²) in [5.74, 6) is -0.300. The lowest BCUT2D eigenvalue weighted by atomic mass is 10.2. The Bertz CT molecular complexity index is 870. The van der Waals surface area contributed by atoms with Crippen LogP contribution in [0, 0.1) is 5.82 Å². The molecule has 0 aliphatic carbocycles. The predicted octanol–water partition coefficient (Wildman–Crippen LogP) is 2.90. The highest BCUT2D eigenvalue weighted by molar-refractivity contribution is 7.89. The van der Waals surface area contributed by atoms with Crippen LogP contribution in [0.4, 0.5) is 10.1 Å². The lowest BCUT2D eigenvalue weighted by Gasteiger charge is -2.21. The molecular formula is C17H20FN3O2S2. The van der Waals surface area contributed by atoms with Crippen LogP contribution in [0.5, 0.6) is 0 Å². The molecule has 0 atom stereocenters. The van der Waals surface area contributed by atoms with E-state index in [2.05, 4.69) is 5.32 Å². The molecule has 0 saturated carbocycles. The first-order valence-corrected chi connectivity index (χ1v) is 9.34. The smallest absolute Gasteiger partial charge is 0.242 e. The second-order valence-corrected chi connectivity index (χ2v) is 8.27. The molecule has 2 aromatic carbocycles. The number of thiocarbonyl (C=S) groups is 1. The molecule has 0 unspecified atom stereocenters. The van der Waals surface area contributed by atoms with Gasteiger partial charge in [0.25, 0.3) is 0 Å². The highest BCUT2D eigenvalue weighted by Crippen LogP contribution is 2.18. The van der Waals surface area contributed by atoms with E-state index in [1.165, 1.54) is 38.4 Å². The maximum Gasteiger partial charge on any atom is 0.242 e. The zero-order chi connectivity index (χ0) is 18.6. The quantitative estimate of drug-likeness (QED) is 0.807. The summed E-state index contributed by atoms with van der Waals surface area (Å²) < 4.78 is 38.8. The summed E-state index contributed by atoms with van der Waals surface area (Å²) in [5.41, 5.74) is 1.36. The van der Waals surface area contributed by atoms with Gasteiger partial charge < -0.3 is 10.2 Å². The Hall–Kier alpha value is -2.03. The number of rotatable bonds is 5. The van der Waals surface area contributed by atoms with Gasteiger partial charge in [-0.3, -0.25) is 0 Å².